The molecule has 1 N–H and O–H groups in total. The van der Waals surface area contributed by atoms with Crippen molar-refractivity contribution in [2.24, 2.45) is 0 Å². The third-order valence-corrected chi connectivity index (χ3v) is 5.38. The highest BCUT2D eigenvalue weighted by Crippen LogP contribution is 2.37. The van der Waals surface area contributed by atoms with Crippen LogP contribution >= 0.6 is 11.3 Å². The molecule has 0 bridgehead atoms. The molecule has 146 valence electrons. The minimum atomic E-state index is -0.563. The molecule has 0 aliphatic carbocycles. The normalized spacial score (nSPS) is 10.9. The van der Waals surface area contributed by atoms with Gasteiger partial charge in [-0.2, -0.15) is 4.98 Å². The number of hydrogen-bond acceptors (Lipinski definition) is 8. The Morgan fingerprint density at radius 1 is 0.967 bits per heavy atom. The van der Waals surface area contributed by atoms with E-state index < -0.39 is 4.92 Å². The molecule has 0 aliphatic heterocycles. The molecule has 0 radical (unpaired) electrons. The summed E-state index contributed by atoms with van der Waals surface area (Å²) in [5.41, 5.74) is 0.444. The molecule has 0 atom stereocenters. The van der Waals surface area contributed by atoms with Gasteiger partial charge in [0.25, 0.3) is 0 Å². The van der Waals surface area contributed by atoms with Gasteiger partial charge in [-0.25, -0.2) is 9.97 Å². The Kier molecular flexibility index (Phi) is 4.41. The van der Waals surface area contributed by atoms with Crippen molar-refractivity contribution in [1.29, 1.82) is 0 Å². The minimum absolute atomic E-state index is 0.0184. The molecule has 0 aliphatic rings. The van der Waals surface area contributed by atoms with Crippen LogP contribution in [0.15, 0.2) is 73.1 Å². The number of rotatable bonds is 5. The van der Waals surface area contributed by atoms with Crippen LogP contribution in [0.3, 0.4) is 0 Å². The summed E-state index contributed by atoms with van der Waals surface area (Å²) in [5, 5.41) is 17.2. The fourth-order valence-electron chi connectivity index (χ4n) is 3.06. The fraction of sp³-hybridized carbons (Fsp3) is 0. The van der Waals surface area contributed by atoms with E-state index in [9.17, 15) is 10.1 Å². The average molecular weight is 415 g/mol. The van der Waals surface area contributed by atoms with Crippen LogP contribution in [0.2, 0.25) is 0 Å². The minimum Gasteiger partial charge on any atom is -0.434 e. The summed E-state index contributed by atoms with van der Waals surface area (Å²) in [4.78, 5) is 23.7. The van der Waals surface area contributed by atoms with E-state index in [1.807, 2.05) is 60.7 Å². The number of hydrogen-bond donors (Lipinski definition) is 1. The molecule has 5 aromatic rings. The van der Waals surface area contributed by atoms with Crippen molar-refractivity contribution < 1.29 is 9.66 Å². The number of aromatic nitrogens is 3. The van der Waals surface area contributed by atoms with Crippen molar-refractivity contribution in [3.63, 3.8) is 0 Å². The Morgan fingerprint density at radius 2 is 1.77 bits per heavy atom. The Balaban J connectivity index is 1.51. The molecule has 0 fully saturated rings. The van der Waals surface area contributed by atoms with Crippen LogP contribution in [0.25, 0.3) is 21.0 Å². The van der Waals surface area contributed by atoms with Gasteiger partial charge in [0, 0.05) is 0 Å². The number of nitro groups is 1. The first-order chi connectivity index (χ1) is 14.7. The molecule has 0 spiro atoms. The molecule has 3 aromatic carbocycles. The van der Waals surface area contributed by atoms with Crippen molar-refractivity contribution >= 4 is 49.0 Å². The molecule has 30 heavy (non-hydrogen) atoms. The maximum absolute atomic E-state index is 11.8. The summed E-state index contributed by atoms with van der Waals surface area (Å²) in [6, 6.07) is 20.8. The monoisotopic (exact) mass is 415 g/mol. The number of nitrogens with zero attached hydrogens (tertiary/aromatic N) is 4. The van der Waals surface area contributed by atoms with Crippen molar-refractivity contribution in [3.05, 3.63) is 83.2 Å². The van der Waals surface area contributed by atoms with Gasteiger partial charge in [-0.05, 0) is 35.0 Å². The Morgan fingerprint density at radius 3 is 2.60 bits per heavy atom. The summed E-state index contributed by atoms with van der Waals surface area (Å²) in [7, 11) is 0. The van der Waals surface area contributed by atoms with Crippen molar-refractivity contribution in [1.82, 2.24) is 15.0 Å². The van der Waals surface area contributed by atoms with Crippen LogP contribution in [0.4, 0.5) is 16.6 Å². The molecule has 8 nitrogen and oxygen atoms in total. The smallest absolute Gasteiger partial charge is 0.373 e. The highest BCUT2D eigenvalue weighted by Gasteiger charge is 2.26. The zero-order valence-corrected chi connectivity index (χ0v) is 16.2. The van der Waals surface area contributed by atoms with E-state index in [4.69, 9.17) is 4.74 Å². The number of para-hydroxylation sites is 1. The Labute approximate surface area is 174 Å². The number of anilines is 2. The van der Waals surface area contributed by atoms with Gasteiger partial charge >= 0.3 is 11.6 Å². The van der Waals surface area contributed by atoms with E-state index in [1.54, 1.807) is 6.07 Å². The van der Waals surface area contributed by atoms with Gasteiger partial charge in [-0.15, -0.1) is 0 Å². The van der Waals surface area contributed by atoms with Gasteiger partial charge < -0.3 is 10.1 Å². The van der Waals surface area contributed by atoms with Crippen molar-refractivity contribution in [2.75, 3.05) is 5.32 Å². The Hall–Kier alpha value is -4.11. The van der Waals surface area contributed by atoms with Gasteiger partial charge in [0.15, 0.2) is 5.13 Å². The summed E-state index contributed by atoms with van der Waals surface area (Å²) in [6.45, 7) is 0. The first kappa shape index (κ1) is 18.0. The van der Waals surface area contributed by atoms with E-state index in [2.05, 4.69) is 20.3 Å². The summed E-state index contributed by atoms with van der Waals surface area (Å²) in [5.74, 6) is 0.320. The zero-order valence-electron chi connectivity index (χ0n) is 15.4. The van der Waals surface area contributed by atoms with Gasteiger partial charge in [0.1, 0.15) is 12.1 Å². The molecule has 2 heterocycles. The van der Waals surface area contributed by atoms with Gasteiger partial charge in [0.2, 0.25) is 5.82 Å². The van der Waals surface area contributed by atoms with Crippen LogP contribution in [0.1, 0.15) is 0 Å². The molecule has 2 aromatic heterocycles. The molecule has 0 saturated carbocycles. The maximum Gasteiger partial charge on any atom is 0.373 e. The lowest BCUT2D eigenvalue weighted by Gasteiger charge is -2.08. The number of thiazole rings is 1. The molecule has 5 rings (SSSR count). The highest BCUT2D eigenvalue weighted by atomic mass is 32.1. The first-order valence-corrected chi connectivity index (χ1v) is 9.78. The van der Waals surface area contributed by atoms with Crippen molar-refractivity contribution in [3.8, 4) is 11.6 Å². The van der Waals surface area contributed by atoms with E-state index >= 15 is 0 Å². The van der Waals surface area contributed by atoms with Gasteiger partial charge in [-0.3, -0.25) is 10.1 Å². The average Bonchev–Trinajstić information content (AvgIpc) is 3.16. The Bertz CT molecular complexity index is 1370. The predicted octanol–water partition coefficient (Wildman–Crippen LogP) is 5.68. The van der Waals surface area contributed by atoms with Crippen LogP contribution in [-0.4, -0.2) is 19.9 Å². The second kappa shape index (κ2) is 7.37. The van der Waals surface area contributed by atoms with Crippen LogP contribution in [0, 0.1) is 10.1 Å². The van der Waals surface area contributed by atoms with E-state index in [-0.39, 0.29) is 17.4 Å². The van der Waals surface area contributed by atoms with Gasteiger partial charge in [0.05, 0.1) is 15.1 Å². The quantitative estimate of drug-likeness (QED) is 0.291. The molecular weight excluding hydrogens is 402 g/mol. The van der Waals surface area contributed by atoms with Crippen LogP contribution < -0.4 is 10.1 Å². The van der Waals surface area contributed by atoms with E-state index in [1.165, 1.54) is 17.7 Å². The second-order valence-electron chi connectivity index (χ2n) is 6.36. The van der Waals surface area contributed by atoms with E-state index in [0.29, 0.717) is 10.9 Å². The molecule has 0 amide bonds. The standard InChI is InChI=1S/C21H13N5O3S/c27-26(28)18-19(25-21-24-16-7-3-4-8-17(16)30-21)22-12-23-20(18)29-15-10-9-13-5-1-2-6-14(13)11-15/h1-12H,(H,22,23,24,25). The molecule has 0 saturated heterocycles. The maximum atomic E-state index is 11.8. The summed E-state index contributed by atoms with van der Waals surface area (Å²) >= 11 is 1.38. The lowest BCUT2D eigenvalue weighted by atomic mass is 10.1. The molecular formula is C21H13N5O3S. The lowest BCUT2D eigenvalue weighted by molar-refractivity contribution is -0.385. The predicted molar refractivity (Wildman–Crippen MR) is 116 cm³/mol. The van der Waals surface area contributed by atoms with Crippen molar-refractivity contribution in [2.45, 2.75) is 0 Å². The zero-order chi connectivity index (χ0) is 20.5. The SMILES string of the molecule is O=[N+]([O-])c1c(Nc2nc3ccccc3s2)ncnc1Oc1ccc2ccccc2c1. The molecule has 9 heteroatoms. The summed E-state index contributed by atoms with van der Waals surface area (Å²) < 4.78 is 6.73. The third-order valence-electron chi connectivity index (χ3n) is 4.43. The van der Waals surface area contributed by atoms with Crippen LogP contribution in [0.5, 0.6) is 11.6 Å². The number of benzene rings is 3. The van der Waals surface area contributed by atoms with Gasteiger partial charge in [-0.1, -0.05) is 53.8 Å². The number of nitrogens with one attached hydrogen (secondary N) is 1. The first-order valence-electron chi connectivity index (χ1n) is 8.96. The largest absolute Gasteiger partial charge is 0.434 e. The summed E-state index contributed by atoms with van der Waals surface area (Å²) in [6.07, 6.45) is 1.22. The number of fused-ring (bicyclic) bond motifs is 2. The fourth-order valence-corrected chi connectivity index (χ4v) is 3.93. The second-order valence-corrected chi connectivity index (χ2v) is 7.39. The molecule has 0 unspecified atom stereocenters. The van der Waals surface area contributed by atoms with E-state index in [0.717, 1.165) is 21.0 Å². The third kappa shape index (κ3) is 3.38. The highest BCUT2D eigenvalue weighted by molar-refractivity contribution is 7.22. The van der Waals surface area contributed by atoms with Crippen LogP contribution in [-0.2, 0) is 0 Å². The lowest BCUT2D eigenvalue weighted by Crippen LogP contribution is -2.03. The topological polar surface area (TPSA) is 103 Å². The number of ether oxygens (including phenoxy) is 1.